The number of fused-ring (bicyclic) bond motifs is 1. The van der Waals surface area contributed by atoms with E-state index in [-0.39, 0.29) is 29.4 Å². The molecule has 1 aliphatic rings. The molecule has 1 atom stereocenters. The summed E-state index contributed by atoms with van der Waals surface area (Å²) in [7, 11) is 1.33. The van der Waals surface area contributed by atoms with Crippen molar-refractivity contribution >= 4 is 29.1 Å². The van der Waals surface area contributed by atoms with Gasteiger partial charge in [-0.05, 0) is 30.3 Å². The molecule has 0 aliphatic carbocycles. The highest BCUT2D eigenvalue weighted by atomic mass is 35.5. The van der Waals surface area contributed by atoms with Crippen LogP contribution in [0, 0.1) is 5.82 Å². The van der Waals surface area contributed by atoms with Crippen LogP contribution in [0.15, 0.2) is 42.5 Å². The fourth-order valence-electron chi connectivity index (χ4n) is 3.33. The van der Waals surface area contributed by atoms with Gasteiger partial charge in [0.15, 0.2) is 23.2 Å². The summed E-state index contributed by atoms with van der Waals surface area (Å²) in [6, 6.07) is 11.0. The number of aromatic nitrogens is 2. The molecule has 0 fully saturated rings. The number of benzene rings is 2. The molecule has 4 rings (SSSR count). The number of hydrogen-bond acceptors (Lipinski definition) is 4. The van der Waals surface area contributed by atoms with Crippen molar-refractivity contribution in [1.82, 2.24) is 10.2 Å². The molecular weight excluding hydrogens is 385 g/mol. The third-order valence-corrected chi connectivity index (χ3v) is 4.94. The number of Topliss-reactive ketones (excluding diaryl/α,β-unsaturated/α-hetero) is 1. The number of rotatable bonds is 4. The van der Waals surface area contributed by atoms with Gasteiger partial charge in [-0.15, -0.1) is 0 Å². The monoisotopic (exact) mass is 399 g/mol. The van der Waals surface area contributed by atoms with Crippen molar-refractivity contribution in [2.75, 3.05) is 12.4 Å². The molecule has 1 aromatic heterocycles. The molecular formula is C20H15ClFN3O3. The molecule has 6 nitrogen and oxygen atoms in total. The lowest BCUT2D eigenvalue weighted by molar-refractivity contribution is -0.116. The fraction of sp³-hybridized carbons (Fsp3) is 0.150. The number of amides is 1. The Morgan fingerprint density at radius 3 is 2.71 bits per heavy atom. The molecule has 1 amide bonds. The number of nitrogens with one attached hydrogen (secondary N) is 2. The minimum atomic E-state index is -0.761. The predicted molar refractivity (Wildman–Crippen MR) is 102 cm³/mol. The van der Waals surface area contributed by atoms with Crippen LogP contribution in [0.25, 0.3) is 11.3 Å². The van der Waals surface area contributed by atoms with E-state index in [0.717, 1.165) is 5.56 Å². The van der Waals surface area contributed by atoms with Crippen LogP contribution in [-0.4, -0.2) is 29.0 Å². The number of hydrogen-bond donors (Lipinski definition) is 2. The van der Waals surface area contributed by atoms with Crippen LogP contribution >= 0.6 is 11.6 Å². The first kappa shape index (κ1) is 18.2. The molecule has 0 radical (unpaired) electrons. The first-order chi connectivity index (χ1) is 13.5. The third-order valence-electron chi connectivity index (χ3n) is 4.68. The number of halogens is 2. The molecule has 1 unspecified atom stereocenters. The maximum Gasteiger partial charge on any atom is 0.226 e. The molecule has 0 saturated carbocycles. The van der Waals surface area contributed by atoms with Gasteiger partial charge in [-0.3, -0.25) is 14.7 Å². The summed E-state index contributed by atoms with van der Waals surface area (Å²) in [5.74, 6) is -1.67. The maximum atomic E-state index is 13.7. The van der Waals surface area contributed by atoms with Crippen molar-refractivity contribution in [2.24, 2.45) is 0 Å². The number of ether oxygens (including phenoxy) is 1. The molecule has 3 aromatic rings. The SMILES string of the molecule is COc1cc(C(=O)C2CC(=O)Nc3n[nH]c(-c4ccc(Cl)cc4)c32)ccc1F. The number of ketones is 1. The molecule has 2 heterocycles. The zero-order valence-electron chi connectivity index (χ0n) is 14.8. The second-order valence-electron chi connectivity index (χ2n) is 6.39. The summed E-state index contributed by atoms with van der Waals surface area (Å²) in [4.78, 5) is 25.3. The lowest BCUT2D eigenvalue weighted by Crippen LogP contribution is -2.27. The van der Waals surface area contributed by atoms with Crippen LogP contribution in [0.1, 0.15) is 28.3 Å². The standard InChI is InChI=1S/C20H15ClFN3O3/c1-28-15-8-11(4-7-14(15)22)19(27)13-9-16(26)23-20-17(13)18(24-25-20)10-2-5-12(21)6-3-10/h2-8,13H,9H2,1H3,(H2,23,24,25,26). The van der Waals surface area contributed by atoms with Crippen molar-refractivity contribution in [3.63, 3.8) is 0 Å². The molecule has 142 valence electrons. The highest BCUT2D eigenvalue weighted by Crippen LogP contribution is 2.40. The number of anilines is 1. The zero-order valence-corrected chi connectivity index (χ0v) is 15.5. The van der Waals surface area contributed by atoms with E-state index >= 15 is 0 Å². The van der Waals surface area contributed by atoms with Crippen molar-refractivity contribution in [3.8, 4) is 17.0 Å². The van der Waals surface area contributed by atoms with Crippen molar-refractivity contribution in [2.45, 2.75) is 12.3 Å². The van der Waals surface area contributed by atoms with E-state index in [9.17, 15) is 14.0 Å². The van der Waals surface area contributed by atoms with E-state index in [1.54, 1.807) is 24.3 Å². The minimum absolute atomic E-state index is 0.0311. The van der Waals surface area contributed by atoms with E-state index in [1.165, 1.54) is 25.3 Å². The maximum absolute atomic E-state index is 13.7. The van der Waals surface area contributed by atoms with Gasteiger partial charge in [-0.25, -0.2) is 4.39 Å². The summed E-state index contributed by atoms with van der Waals surface area (Å²) in [6.45, 7) is 0. The Kier molecular flexibility index (Phi) is 4.60. The van der Waals surface area contributed by atoms with E-state index in [1.807, 2.05) is 0 Å². The van der Waals surface area contributed by atoms with Gasteiger partial charge >= 0.3 is 0 Å². The number of carbonyl (C=O) groups excluding carboxylic acids is 2. The van der Waals surface area contributed by atoms with Crippen LogP contribution < -0.4 is 10.1 Å². The van der Waals surface area contributed by atoms with E-state index in [4.69, 9.17) is 16.3 Å². The van der Waals surface area contributed by atoms with E-state index in [2.05, 4.69) is 15.5 Å². The minimum Gasteiger partial charge on any atom is -0.494 e. The Bertz CT molecular complexity index is 1080. The number of nitrogens with zero attached hydrogens (tertiary/aromatic N) is 1. The van der Waals surface area contributed by atoms with Gasteiger partial charge in [-0.2, -0.15) is 5.10 Å². The Balaban J connectivity index is 1.79. The molecule has 0 saturated heterocycles. The molecule has 0 spiro atoms. The number of carbonyl (C=O) groups is 2. The van der Waals surface area contributed by atoms with Gasteiger partial charge in [0.25, 0.3) is 0 Å². The Labute approximate surface area is 164 Å². The number of H-pyrrole nitrogens is 1. The number of aromatic amines is 1. The Morgan fingerprint density at radius 2 is 2.00 bits per heavy atom. The van der Waals surface area contributed by atoms with E-state index in [0.29, 0.717) is 22.1 Å². The second-order valence-corrected chi connectivity index (χ2v) is 6.82. The average Bonchev–Trinajstić information content (AvgIpc) is 3.11. The van der Waals surface area contributed by atoms with Crippen molar-refractivity contribution in [1.29, 1.82) is 0 Å². The highest BCUT2D eigenvalue weighted by molar-refractivity contribution is 6.30. The third kappa shape index (κ3) is 3.14. The fourth-order valence-corrected chi connectivity index (χ4v) is 3.46. The second kappa shape index (κ2) is 7.09. The van der Waals surface area contributed by atoms with Gasteiger partial charge in [-0.1, -0.05) is 23.7 Å². The average molecular weight is 400 g/mol. The Hall–Kier alpha value is -3.19. The van der Waals surface area contributed by atoms with E-state index < -0.39 is 11.7 Å². The number of methoxy groups -OCH3 is 1. The summed E-state index contributed by atoms with van der Waals surface area (Å²) >= 11 is 5.96. The molecule has 0 bridgehead atoms. The van der Waals surface area contributed by atoms with Crippen molar-refractivity contribution in [3.05, 3.63) is 64.4 Å². The molecule has 2 N–H and O–H groups in total. The normalized spacial score (nSPS) is 15.7. The van der Waals surface area contributed by atoms with Gasteiger partial charge in [0.05, 0.1) is 18.7 Å². The topological polar surface area (TPSA) is 84.1 Å². The van der Waals surface area contributed by atoms with Crippen LogP contribution in [0.4, 0.5) is 10.2 Å². The largest absolute Gasteiger partial charge is 0.494 e. The van der Waals surface area contributed by atoms with Crippen LogP contribution in [0.3, 0.4) is 0 Å². The summed E-state index contributed by atoms with van der Waals surface area (Å²) < 4.78 is 18.7. The van der Waals surface area contributed by atoms with Crippen LogP contribution in [0.5, 0.6) is 5.75 Å². The lowest BCUT2D eigenvalue weighted by atomic mass is 9.84. The lowest BCUT2D eigenvalue weighted by Gasteiger charge is -2.22. The summed E-state index contributed by atoms with van der Waals surface area (Å²) in [5.41, 5.74) is 2.25. The molecule has 8 heteroatoms. The van der Waals surface area contributed by atoms with Gasteiger partial charge in [0, 0.05) is 28.1 Å². The highest BCUT2D eigenvalue weighted by Gasteiger charge is 2.36. The van der Waals surface area contributed by atoms with Crippen LogP contribution in [-0.2, 0) is 4.79 Å². The first-order valence-corrected chi connectivity index (χ1v) is 8.87. The van der Waals surface area contributed by atoms with Gasteiger partial charge < -0.3 is 10.1 Å². The predicted octanol–water partition coefficient (Wildman–Crippen LogP) is 4.19. The van der Waals surface area contributed by atoms with Gasteiger partial charge in [0.1, 0.15) is 0 Å². The zero-order chi connectivity index (χ0) is 19.8. The van der Waals surface area contributed by atoms with Gasteiger partial charge in [0.2, 0.25) is 5.91 Å². The first-order valence-electron chi connectivity index (χ1n) is 8.49. The molecule has 28 heavy (non-hydrogen) atoms. The smallest absolute Gasteiger partial charge is 0.226 e. The molecule has 2 aromatic carbocycles. The quantitative estimate of drug-likeness (QED) is 0.644. The summed E-state index contributed by atoms with van der Waals surface area (Å²) in [6.07, 6.45) is -0.0361. The van der Waals surface area contributed by atoms with Crippen molar-refractivity contribution < 1.29 is 18.7 Å². The summed E-state index contributed by atoms with van der Waals surface area (Å²) in [5, 5.41) is 10.3. The van der Waals surface area contributed by atoms with Crippen LogP contribution in [0.2, 0.25) is 5.02 Å². The Morgan fingerprint density at radius 1 is 1.25 bits per heavy atom. The molecule has 1 aliphatic heterocycles.